The van der Waals surface area contributed by atoms with Crippen LogP contribution in [-0.4, -0.2) is 36.3 Å². The Morgan fingerprint density at radius 3 is 2.86 bits per heavy atom. The smallest absolute Gasteiger partial charge is 0.119 e. The van der Waals surface area contributed by atoms with E-state index in [0.717, 1.165) is 27.5 Å². The van der Waals surface area contributed by atoms with E-state index in [4.69, 9.17) is 5.73 Å². The number of halogens is 1. The van der Waals surface area contributed by atoms with Crippen molar-refractivity contribution in [1.82, 2.24) is 9.88 Å². The fraction of sp³-hybridized carbons (Fsp3) is 0.444. The van der Waals surface area contributed by atoms with E-state index in [1.165, 1.54) is 0 Å². The van der Waals surface area contributed by atoms with Gasteiger partial charge in [0.25, 0.3) is 0 Å². The third-order valence-electron chi connectivity index (χ3n) is 1.62. The van der Waals surface area contributed by atoms with Crippen molar-refractivity contribution in [2.75, 3.05) is 32.1 Å². The highest BCUT2D eigenvalue weighted by Crippen LogP contribution is 2.24. The molecule has 78 valence electrons. The molecule has 0 unspecified atom stereocenters. The molecule has 1 rings (SSSR count). The molecule has 5 heteroatoms. The van der Waals surface area contributed by atoms with Crippen LogP contribution in [0.3, 0.4) is 0 Å². The number of hydrogen-bond acceptors (Lipinski definition) is 4. The molecule has 3 nitrogen and oxygen atoms in total. The number of pyridine rings is 1. The fourth-order valence-corrected chi connectivity index (χ4v) is 2.24. The molecule has 0 spiro atoms. The van der Waals surface area contributed by atoms with E-state index in [9.17, 15) is 0 Å². The molecular weight excluding hydrogens is 262 g/mol. The first-order chi connectivity index (χ1) is 6.59. The molecule has 1 aromatic heterocycles. The molecule has 0 aliphatic rings. The minimum Gasteiger partial charge on any atom is -0.397 e. The van der Waals surface area contributed by atoms with Gasteiger partial charge in [0.05, 0.1) is 5.69 Å². The number of thioether (sulfide) groups is 1. The number of anilines is 1. The van der Waals surface area contributed by atoms with Gasteiger partial charge in [-0.1, -0.05) is 0 Å². The van der Waals surface area contributed by atoms with E-state index in [2.05, 4.69) is 39.9 Å². The van der Waals surface area contributed by atoms with Gasteiger partial charge in [-0.15, -0.1) is 11.8 Å². The van der Waals surface area contributed by atoms with Gasteiger partial charge in [-0.2, -0.15) is 0 Å². The summed E-state index contributed by atoms with van der Waals surface area (Å²) in [6.07, 6.45) is 1.77. The van der Waals surface area contributed by atoms with Gasteiger partial charge in [0.1, 0.15) is 5.03 Å². The molecule has 0 aromatic carbocycles. The first-order valence-corrected chi connectivity index (χ1v) is 6.06. The van der Waals surface area contributed by atoms with Crippen molar-refractivity contribution >= 4 is 33.4 Å². The van der Waals surface area contributed by atoms with Crippen LogP contribution in [-0.2, 0) is 0 Å². The Labute approximate surface area is 97.2 Å². The molecule has 2 N–H and O–H groups in total. The lowest BCUT2D eigenvalue weighted by Gasteiger charge is -2.09. The molecule has 0 saturated carbocycles. The van der Waals surface area contributed by atoms with Crippen molar-refractivity contribution in [1.29, 1.82) is 0 Å². The lowest BCUT2D eigenvalue weighted by molar-refractivity contribution is 0.437. The second kappa shape index (κ2) is 5.58. The van der Waals surface area contributed by atoms with Gasteiger partial charge in [-0.3, -0.25) is 0 Å². The Hall–Kier alpha value is -0.260. The van der Waals surface area contributed by atoms with Crippen LogP contribution in [0.2, 0.25) is 0 Å². The van der Waals surface area contributed by atoms with Crippen LogP contribution in [0.25, 0.3) is 0 Å². The summed E-state index contributed by atoms with van der Waals surface area (Å²) in [7, 11) is 4.11. The SMILES string of the molecule is CN(C)CCSc1ncc(Br)cc1N. The van der Waals surface area contributed by atoms with Gasteiger partial charge < -0.3 is 10.6 Å². The third-order valence-corrected chi connectivity index (χ3v) is 3.06. The zero-order chi connectivity index (χ0) is 10.6. The van der Waals surface area contributed by atoms with Gasteiger partial charge in [0, 0.05) is 23.0 Å². The Morgan fingerprint density at radius 2 is 2.29 bits per heavy atom. The predicted octanol–water partition coefficient (Wildman–Crippen LogP) is 2.08. The Kier molecular flexibility index (Phi) is 4.71. The number of aromatic nitrogens is 1. The van der Waals surface area contributed by atoms with Crippen molar-refractivity contribution in [2.24, 2.45) is 0 Å². The average molecular weight is 276 g/mol. The van der Waals surface area contributed by atoms with Crippen molar-refractivity contribution in [2.45, 2.75) is 5.03 Å². The summed E-state index contributed by atoms with van der Waals surface area (Å²) in [5.41, 5.74) is 6.55. The second-order valence-corrected chi connectivity index (χ2v) is 5.20. The number of rotatable bonds is 4. The minimum absolute atomic E-state index is 0.739. The molecule has 0 saturated heterocycles. The highest BCUT2D eigenvalue weighted by molar-refractivity contribution is 9.10. The minimum atomic E-state index is 0.739. The first kappa shape index (κ1) is 11.8. The van der Waals surface area contributed by atoms with Crippen molar-refractivity contribution in [3.63, 3.8) is 0 Å². The van der Waals surface area contributed by atoms with E-state index in [1.54, 1.807) is 18.0 Å². The summed E-state index contributed by atoms with van der Waals surface area (Å²) in [4.78, 5) is 6.39. The highest BCUT2D eigenvalue weighted by Gasteiger charge is 2.02. The largest absolute Gasteiger partial charge is 0.397 e. The normalized spacial score (nSPS) is 10.9. The maximum atomic E-state index is 5.81. The maximum absolute atomic E-state index is 5.81. The molecular formula is C9H14BrN3S. The molecule has 0 radical (unpaired) electrons. The van der Waals surface area contributed by atoms with Gasteiger partial charge in [0.15, 0.2) is 0 Å². The van der Waals surface area contributed by atoms with Crippen LogP contribution >= 0.6 is 27.7 Å². The van der Waals surface area contributed by atoms with Crippen LogP contribution < -0.4 is 5.73 Å². The monoisotopic (exact) mass is 275 g/mol. The molecule has 0 aliphatic heterocycles. The molecule has 0 bridgehead atoms. The molecule has 1 aromatic rings. The molecule has 0 aliphatic carbocycles. The highest BCUT2D eigenvalue weighted by atomic mass is 79.9. The lowest BCUT2D eigenvalue weighted by atomic mass is 10.4. The Balaban J connectivity index is 2.51. The van der Waals surface area contributed by atoms with E-state index < -0.39 is 0 Å². The van der Waals surface area contributed by atoms with Crippen LogP contribution in [0, 0.1) is 0 Å². The van der Waals surface area contributed by atoms with Gasteiger partial charge in [-0.05, 0) is 36.1 Å². The zero-order valence-electron chi connectivity index (χ0n) is 8.33. The summed E-state index contributed by atoms with van der Waals surface area (Å²) in [6, 6.07) is 1.88. The molecule has 14 heavy (non-hydrogen) atoms. The van der Waals surface area contributed by atoms with E-state index in [0.29, 0.717) is 0 Å². The first-order valence-electron chi connectivity index (χ1n) is 4.28. The van der Waals surface area contributed by atoms with Crippen molar-refractivity contribution in [3.05, 3.63) is 16.7 Å². The van der Waals surface area contributed by atoms with E-state index in [-0.39, 0.29) is 0 Å². The second-order valence-electron chi connectivity index (χ2n) is 3.20. The van der Waals surface area contributed by atoms with E-state index >= 15 is 0 Å². The van der Waals surface area contributed by atoms with Crippen LogP contribution in [0.1, 0.15) is 0 Å². The molecule has 0 fully saturated rings. The number of nitrogen functional groups attached to an aromatic ring is 1. The maximum Gasteiger partial charge on any atom is 0.119 e. The molecule has 0 amide bonds. The standard InChI is InChI=1S/C9H14BrN3S/c1-13(2)3-4-14-9-8(11)5-7(10)6-12-9/h5-6H,3-4,11H2,1-2H3. The summed E-state index contributed by atoms with van der Waals surface area (Å²) in [6.45, 7) is 1.03. The Bertz CT molecular complexity index is 304. The van der Waals surface area contributed by atoms with Gasteiger partial charge in [-0.25, -0.2) is 4.98 Å². The average Bonchev–Trinajstić information content (AvgIpc) is 2.08. The number of nitrogens with zero attached hydrogens (tertiary/aromatic N) is 2. The predicted molar refractivity (Wildman–Crippen MR) is 65.6 cm³/mol. The summed E-state index contributed by atoms with van der Waals surface area (Å²) in [5, 5.41) is 0.912. The van der Waals surface area contributed by atoms with E-state index in [1.807, 2.05) is 6.07 Å². The number of nitrogens with two attached hydrogens (primary N) is 1. The fourth-order valence-electron chi connectivity index (χ4n) is 0.888. The number of hydrogen-bond donors (Lipinski definition) is 1. The summed E-state index contributed by atoms with van der Waals surface area (Å²) in [5.74, 6) is 1.01. The van der Waals surface area contributed by atoms with Crippen LogP contribution in [0.15, 0.2) is 21.8 Å². The van der Waals surface area contributed by atoms with Crippen LogP contribution in [0.5, 0.6) is 0 Å². The summed E-state index contributed by atoms with van der Waals surface area (Å²) < 4.78 is 0.923. The summed E-state index contributed by atoms with van der Waals surface area (Å²) >= 11 is 5.01. The van der Waals surface area contributed by atoms with Gasteiger partial charge in [0.2, 0.25) is 0 Å². The van der Waals surface area contributed by atoms with Crippen molar-refractivity contribution in [3.8, 4) is 0 Å². The Morgan fingerprint density at radius 1 is 1.57 bits per heavy atom. The zero-order valence-corrected chi connectivity index (χ0v) is 10.7. The molecule has 1 heterocycles. The topological polar surface area (TPSA) is 42.2 Å². The van der Waals surface area contributed by atoms with Crippen molar-refractivity contribution < 1.29 is 0 Å². The van der Waals surface area contributed by atoms with Gasteiger partial charge >= 0.3 is 0 Å². The third kappa shape index (κ3) is 3.86. The quantitative estimate of drug-likeness (QED) is 0.855. The molecule has 0 atom stereocenters. The lowest BCUT2D eigenvalue weighted by Crippen LogP contribution is -2.14. The van der Waals surface area contributed by atoms with Crippen LogP contribution in [0.4, 0.5) is 5.69 Å².